The summed E-state index contributed by atoms with van der Waals surface area (Å²) in [5, 5.41) is 0. The van der Waals surface area contributed by atoms with Crippen LogP contribution in [0.25, 0.3) is 0 Å². The molecule has 0 aromatic heterocycles. The molecule has 2 rings (SSSR count). The Morgan fingerprint density at radius 3 is 1.82 bits per heavy atom. The fraction of sp³-hybridized carbons (Fsp3) is 0.800. The molecule has 2 saturated heterocycles. The van der Waals surface area contributed by atoms with Crippen LogP contribution in [0, 0.1) is 0 Å². The molecule has 7 nitrogen and oxygen atoms in total. The molecule has 2 fully saturated rings. The van der Waals surface area contributed by atoms with E-state index < -0.39 is 6.03 Å². The van der Waals surface area contributed by atoms with Crippen molar-refractivity contribution < 1.29 is 14.3 Å². The highest BCUT2D eigenvalue weighted by Gasteiger charge is 2.27. The Morgan fingerprint density at radius 2 is 1.29 bits per heavy atom. The van der Waals surface area contributed by atoms with E-state index in [-0.39, 0.29) is 6.03 Å². The van der Waals surface area contributed by atoms with Crippen LogP contribution >= 0.6 is 0 Å². The first-order valence-corrected chi connectivity index (χ1v) is 5.84. The number of piperazine rings is 1. The Balaban J connectivity index is 1.83. The van der Waals surface area contributed by atoms with Gasteiger partial charge in [-0.15, -0.1) is 0 Å². The van der Waals surface area contributed by atoms with E-state index in [9.17, 15) is 9.59 Å². The first-order chi connectivity index (χ1) is 8.18. The first-order valence-electron chi connectivity index (χ1n) is 5.84. The molecule has 4 amide bonds. The minimum absolute atomic E-state index is 0.0393. The number of urea groups is 2. The molecule has 0 radical (unpaired) electrons. The molecule has 0 aromatic rings. The number of primary amides is 1. The summed E-state index contributed by atoms with van der Waals surface area (Å²) in [7, 11) is 0. The third-order valence-electron chi connectivity index (χ3n) is 3.14. The van der Waals surface area contributed by atoms with Gasteiger partial charge in [-0.25, -0.2) is 9.59 Å². The van der Waals surface area contributed by atoms with Crippen LogP contribution < -0.4 is 5.73 Å². The predicted octanol–water partition coefficient (Wildman–Crippen LogP) is -0.865. The summed E-state index contributed by atoms with van der Waals surface area (Å²) in [4.78, 5) is 28.2. The van der Waals surface area contributed by atoms with Crippen LogP contribution in [0.1, 0.15) is 0 Å². The van der Waals surface area contributed by atoms with E-state index in [1.165, 1.54) is 0 Å². The molecule has 0 aliphatic carbocycles. The lowest BCUT2D eigenvalue weighted by Gasteiger charge is -2.37. The monoisotopic (exact) mass is 242 g/mol. The molecule has 17 heavy (non-hydrogen) atoms. The fourth-order valence-electron chi connectivity index (χ4n) is 2.07. The number of nitrogens with two attached hydrogens (primary N) is 1. The van der Waals surface area contributed by atoms with E-state index in [4.69, 9.17) is 10.5 Å². The molecule has 0 spiro atoms. The molecule has 96 valence electrons. The molecule has 0 aromatic carbocycles. The summed E-state index contributed by atoms with van der Waals surface area (Å²) in [6.07, 6.45) is 0. The third-order valence-corrected chi connectivity index (χ3v) is 3.14. The number of hydrogen-bond acceptors (Lipinski definition) is 3. The van der Waals surface area contributed by atoms with Gasteiger partial charge < -0.3 is 25.2 Å². The van der Waals surface area contributed by atoms with Crippen LogP contribution in [-0.4, -0.2) is 79.2 Å². The van der Waals surface area contributed by atoms with Crippen molar-refractivity contribution in [2.24, 2.45) is 5.73 Å². The fourth-order valence-corrected chi connectivity index (χ4v) is 2.07. The molecule has 0 atom stereocenters. The number of carbonyl (C=O) groups is 2. The number of amides is 4. The van der Waals surface area contributed by atoms with Crippen LogP contribution in [0.15, 0.2) is 0 Å². The summed E-state index contributed by atoms with van der Waals surface area (Å²) in [6, 6.07) is -0.374. The highest BCUT2D eigenvalue weighted by Crippen LogP contribution is 2.07. The minimum Gasteiger partial charge on any atom is -0.378 e. The highest BCUT2D eigenvalue weighted by molar-refractivity contribution is 5.76. The Bertz CT molecular complexity index is 296. The van der Waals surface area contributed by atoms with Crippen LogP contribution in [-0.2, 0) is 4.74 Å². The van der Waals surface area contributed by atoms with Crippen molar-refractivity contribution in [2.75, 3.05) is 52.5 Å². The molecule has 2 aliphatic heterocycles. The summed E-state index contributed by atoms with van der Waals surface area (Å²) in [6.45, 7) is 4.65. The van der Waals surface area contributed by atoms with Gasteiger partial charge in [-0.2, -0.15) is 0 Å². The summed E-state index contributed by atoms with van der Waals surface area (Å²) < 4.78 is 5.20. The maximum atomic E-state index is 12.1. The van der Waals surface area contributed by atoms with E-state index in [1.54, 1.807) is 14.7 Å². The second-order valence-electron chi connectivity index (χ2n) is 4.19. The summed E-state index contributed by atoms with van der Waals surface area (Å²) in [5.74, 6) is 0. The third kappa shape index (κ3) is 2.79. The molecular formula is C10H18N4O3. The lowest BCUT2D eigenvalue weighted by Crippen LogP contribution is -2.56. The van der Waals surface area contributed by atoms with Gasteiger partial charge in [0, 0.05) is 39.3 Å². The molecule has 0 bridgehead atoms. The van der Waals surface area contributed by atoms with Crippen LogP contribution in [0.3, 0.4) is 0 Å². The quantitative estimate of drug-likeness (QED) is 0.600. The zero-order valence-electron chi connectivity index (χ0n) is 9.80. The van der Waals surface area contributed by atoms with Gasteiger partial charge in [-0.1, -0.05) is 0 Å². The number of carbonyl (C=O) groups excluding carboxylic acids is 2. The Morgan fingerprint density at radius 1 is 0.824 bits per heavy atom. The van der Waals surface area contributed by atoms with E-state index >= 15 is 0 Å². The van der Waals surface area contributed by atoms with Crippen molar-refractivity contribution >= 4 is 12.1 Å². The van der Waals surface area contributed by atoms with E-state index in [2.05, 4.69) is 0 Å². The van der Waals surface area contributed by atoms with Gasteiger partial charge in [-0.05, 0) is 0 Å². The van der Waals surface area contributed by atoms with Gasteiger partial charge in [0.15, 0.2) is 0 Å². The Kier molecular flexibility index (Phi) is 3.68. The van der Waals surface area contributed by atoms with Crippen LogP contribution in [0.5, 0.6) is 0 Å². The molecule has 0 saturated carbocycles. The molecule has 2 aliphatic rings. The second kappa shape index (κ2) is 5.22. The highest BCUT2D eigenvalue weighted by atomic mass is 16.5. The van der Waals surface area contributed by atoms with Gasteiger partial charge >= 0.3 is 12.1 Å². The Hall–Kier alpha value is -1.50. The van der Waals surface area contributed by atoms with Crippen molar-refractivity contribution in [2.45, 2.75) is 0 Å². The minimum atomic E-state index is -0.413. The number of rotatable bonds is 0. The van der Waals surface area contributed by atoms with Gasteiger partial charge in [0.25, 0.3) is 0 Å². The van der Waals surface area contributed by atoms with Crippen molar-refractivity contribution in [1.29, 1.82) is 0 Å². The lowest BCUT2D eigenvalue weighted by atomic mass is 10.3. The first kappa shape index (κ1) is 12.0. The smallest absolute Gasteiger partial charge is 0.320 e. The normalized spacial score (nSPS) is 21.5. The van der Waals surface area contributed by atoms with E-state index in [0.29, 0.717) is 52.5 Å². The summed E-state index contributed by atoms with van der Waals surface area (Å²) in [5.41, 5.74) is 5.19. The topological polar surface area (TPSA) is 79.1 Å². The predicted molar refractivity (Wildman–Crippen MR) is 60.5 cm³/mol. The van der Waals surface area contributed by atoms with Crippen molar-refractivity contribution in [3.05, 3.63) is 0 Å². The number of nitrogens with zero attached hydrogens (tertiary/aromatic N) is 3. The number of morpholine rings is 1. The van der Waals surface area contributed by atoms with E-state index in [0.717, 1.165) is 0 Å². The van der Waals surface area contributed by atoms with Crippen LogP contribution in [0.2, 0.25) is 0 Å². The lowest BCUT2D eigenvalue weighted by molar-refractivity contribution is 0.0394. The average molecular weight is 242 g/mol. The van der Waals surface area contributed by atoms with Gasteiger partial charge in [-0.3, -0.25) is 0 Å². The standard InChI is InChI=1S/C10H18N4O3/c11-9(15)12-1-3-13(4-2-12)10(16)14-5-7-17-8-6-14/h1-8H2,(H2,11,15). The second-order valence-corrected chi connectivity index (χ2v) is 4.19. The zero-order valence-corrected chi connectivity index (χ0v) is 9.80. The molecular weight excluding hydrogens is 224 g/mol. The maximum Gasteiger partial charge on any atom is 0.320 e. The van der Waals surface area contributed by atoms with Gasteiger partial charge in [0.2, 0.25) is 0 Å². The van der Waals surface area contributed by atoms with Gasteiger partial charge in [0.05, 0.1) is 13.2 Å². The average Bonchev–Trinajstić information content (AvgIpc) is 2.39. The zero-order chi connectivity index (χ0) is 12.3. The maximum absolute atomic E-state index is 12.1. The number of hydrogen-bond donors (Lipinski definition) is 1. The molecule has 2 heterocycles. The number of ether oxygens (including phenoxy) is 1. The van der Waals surface area contributed by atoms with E-state index in [1.807, 2.05) is 0 Å². The Labute approximate surface area is 100 Å². The SMILES string of the molecule is NC(=O)N1CCN(C(=O)N2CCOCC2)CC1. The summed E-state index contributed by atoms with van der Waals surface area (Å²) >= 11 is 0. The molecule has 2 N–H and O–H groups in total. The van der Waals surface area contributed by atoms with Crippen molar-refractivity contribution in [1.82, 2.24) is 14.7 Å². The largest absolute Gasteiger partial charge is 0.378 e. The van der Waals surface area contributed by atoms with Crippen molar-refractivity contribution in [3.63, 3.8) is 0 Å². The molecule has 7 heteroatoms. The van der Waals surface area contributed by atoms with Gasteiger partial charge in [0.1, 0.15) is 0 Å². The molecule has 0 unspecified atom stereocenters. The van der Waals surface area contributed by atoms with Crippen molar-refractivity contribution in [3.8, 4) is 0 Å². The van der Waals surface area contributed by atoms with Crippen LogP contribution in [0.4, 0.5) is 9.59 Å².